The zero-order valence-electron chi connectivity index (χ0n) is 13.4. The van der Waals surface area contributed by atoms with Crippen molar-refractivity contribution >= 4 is 28.1 Å². The van der Waals surface area contributed by atoms with Crippen molar-refractivity contribution in [2.75, 3.05) is 11.4 Å². The summed E-state index contributed by atoms with van der Waals surface area (Å²) in [6.07, 6.45) is 0. The van der Waals surface area contributed by atoms with Crippen LogP contribution in [0.4, 0.5) is 15.8 Å². The number of aliphatic imine (C=N–C) groups is 1. The van der Waals surface area contributed by atoms with Gasteiger partial charge in [-0.25, -0.2) is 9.38 Å². The first kappa shape index (κ1) is 14.7. The molecule has 0 saturated carbocycles. The van der Waals surface area contributed by atoms with Crippen LogP contribution in [0.15, 0.2) is 65.7 Å². The fourth-order valence-corrected chi connectivity index (χ4v) is 3.44. The van der Waals surface area contributed by atoms with E-state index in [9.17, 15) is 4.39 Å². The molecule has 1 aliphatic heterocycles. The topological polar surface area (TPSA) is 41.6 Å². The zero-order chi connectivity index (χ0) is 16.7. The minimum atomic E-state index is -0.213. The van der Waals surface area contributed by atoms with Gasteiger partial charge in [0.1, 0.15) is 5.82 Å². The van der Waals surface area contributed by atoms with E-state index in [1.54, 1.807) is 6.07 Å². The number of para-hydroxylation sites is 1. The van der Waals surface area contributed by atoms with E-state index < -0.39 is 0 Å². The van der Waals surface area contributed by atoms with Gasteiger partial charge in [-0.15, -0.1) is 0 Å². The second-order valence-electron chi connectivity index (χ2n) is 6.18. The van der Waals surface area contributed by atoms with E-state index in [0.29, 0.717) is 11.9 Å². The van der Waals surface area contributed by atoms with E-state index in [1.165, 1.54) is 11.6 Å². The van der Waals surface area contributed by atoms with E-state index in [4.69, 9.17) is 5.73 Å². The van der Waals surface area contributed by atoms with Gasteiger partial charge in [-0.3, -0.25) is 0 Å². The van der Waals surface area contributed by atoms with Gasteiger partial charge in [0.25, 0.3) is 0 Å². The van der Waals surface area contributed by atoms with Gasteiger partial charge in [-0.2, -0.15) is 0 Å². The normalized spacial score (nSPS) is 17.3. The van der Waals surface area contributed by atoms with Crippen molar-refractivity contribution in [1.29, 1.82) is 0 Å². The maximum absolute atomic E-state index is 13.5. The van der Waals surface area contributed by atoms with Gasteiger partial charge in [0.15, 0.2) is 0 Å². The van der Waals surface area contributed by atoms with Crippen molar-refractivity contribution in [2.45, 2.75) is 12.8 Å². The summed E-state index contributed by atoms with van der Waals surface area (Å²) in [5.74, 6) is 0.571. The Morgan fingerprint density at radius 1 is 1.12 bits per heavy atom. The molecule has 24 heavy (non-hydrogen) atoms. The van der Waals surface area contributed by atoms with Crippen molar-refractivity contribution in [2.24, 2.45) is 10.7 Å². The Bertz CT molecular complexity index is 934. The molecule has 3 aromatic rings. The summed E-state index contributed by atoms with van der Waals surface area (Å²) in [5, 5.41) is 2.00. The van der Waals surface area contributed by atoms with Crippen LogP contribution in [0, 0.1) is 5.82 Å². The Hall–Kier alpha value is -2.88. The molecule has 1 aliphatic rings. The third-order valence-corrected chi connectivity index (χ3v) is 4.52. The Morgan fingerprint density at radius 3 is 2.71 bits per heavy atom. The SMILES string of the molecule is CC1CN(C(N)=Nc2ccccc2)c2ccc3cc(F)ccc3c21. The first-order chi connectivity index (χ1) is 11.6. The first-order valence-electron chi connectivity index (χ1n) is 8.02. The number of guanidine groups is 1. The van der Waals surface area contributed by atoms with Gasteiger partial charge in [-0.1, -0.05) is 37.3 Å². The molecule has 3 nitrogen and oxygen atoms in total. The predicted octanol–water partition coefficient (Wildman–Crippen LogP) is 4.55. The number of halogens is 1. The quantitative estimate of drug-likeness (QED) is 0.528. The first-order valence-corrected chi connectivity index (χ1v) is 8.02. The molecule has 4 heteroatoms. The summed E-state index contributed by atoms with van der Waals surface area (Å²) in [4.78, 5) is 6.57. The molecule has 4 rings (SSSR count). The summed E-state index contributed by atoms with van der Waals surface area (Å²) >= 11 is 0. The Labute approximate surface area is 140 Å². The molecule has 120 valence electrons. The van der Waals surface area contributed by atoms with Crippen molar-refractivity contribution in [1.82, 2.24) is 0 Å². The largest absolute Gasteiger partial charge is 0.369 e. The lowest BCUT2D eigenvalue weighted by atomic mass is 9.96. The monoisotopic (exact) mass is 319 g/mol. The van der Waals surface area contributed by atoms with Crippen molar-refractivity contribution in [3.8, 4) is 0 Å². The summed E-state index contributed by atoms with van der Waals surface area (Å²) in [6, 6.07) is 18.6. The summed E-state index contributed by atoms with van der Waals surface area (Å²) in [6.45, 7) is 2.94. The Balaban J connectivity index is 1.80. The number of fused-ring (bicyclic) bond motifs is 3. The highest BCUT2D eigenvalue weighted by Gasteiger charge is 2.29. The lowest BCUT2D eigenvalue weighted by molar-refractivity contribution is 0.629. The number of anilines is 1. The van der Waals surface area contributed by atoms with Gasteiger partial charge in [0.05, 0.1) is 5.69 Å². The fourth-order valence-electron chi connectivity index (χ4n) is 3.44. The van der Waals surface area contributed by atoms with E-state index >= 15 is 0 Å². The molecule has 0 saturated heterocycles. The summed E-state index contributed by atoms with van der Waals surface area (Å²) in [5.41, 5.74) is 9.37. The van der Waals surface area contributed by atoms with Gasteiger partial charge in [-0.05, 0) is 46.7 Å². The van der Waals surface area contributed by atoms with Crippen LogP contribution < -0.4 is 10.6 Å². The standard InChI is InChI=1S/C20H18FN3/c1-13-12-24(20(22)23-16-5-3-2-4-6-16)18-10-7-14-11-15(21)8-9-17(14)19(13)18/h2-11,13H,12H2,1H3,(H2,22,23). The van der Waals surface area contributed by atoms with E-state index in [1.807, 2.05) is 53.4 Å². The average molecular weight is 319 g/mol. The van der Waals surface area contributed by atoms with E-state index in [2.05, 4.69) is 11.9 Å². The molecule has 0 bridgehead atoms. The van der Waals surface area contributed by atoms with E-state index in [0.717, 1.165) is 28.7 Å². The molecule has 0 aromatic heterocycles. The third kappa shape index (κ3) is 2.40. The van der Waals surface area contributed by atoms with Gasteiger partial charge in [0.2, 0.25) is 5.96 Å². The molecular formula is C20H18FN3. The van der Waals surface area contributed by atoms with Crippen molar-refractivity contribution in [3.63, 3.8) is 0 Å². The molecular weight excluding hydrogens is 301 g/mol. The number of rotatable bonds is 1. The third-order valence-electron chi connectivity index (χ3n) is 4.52. The second kappa shape index (κ2) is 5.64. The van der Waals surface area contributed by atoms with Crippen LogP contribution in [0.25, 0.3) is 10.8 Å². The van der Waals surface area contributed by atoms with Crippen LogP contribution in [0.1, 0.15) is 18.4 Å². The summed E-state index contributed by atoms with van der Waals surface area (Å²) in [7, 11) is 0. The number of hydrogen-bond donors (Lipinski definition) is 1. The second-order valence-corrected chi connectivity index (χ2v) is 6.18. The van der Waals surface area contributed by atoms with Crippen LogP contribution in [-0.4, -0.2) is 12.5 Å². The smallest absolute Gasteiger partial charge is 0.201 e. The summed E-state index contributed by atoms with van der Waals surface area (Å²) < 4.78 is 13.5. The molecule has 0 amide bonds. The Kier molecular flexibility index (Phi) is 3.45. The highest BCUT2D eigenvalue weighted by molar-refractivity contribution is 6.03. The van der Waals surface area contributed by atoms with Crippen LogP contribution in [0.3, 0.4) is 0 Å². The average Bonchev–Trinajstić information content (AvgIpc) is 2.93. The minimum absolute atomic E-state index is 0.213. The lowest BCUT2D eigenvalue weighted by Crippen LogP contribution is -2.36. The lowest BCUT2D eigenvalue weighted by Gasteiger charge is -2.18. The van der Waals surface area contributed by atoms with Crippen LogP contribution in [0.2, 0.25) is 0 Å². The molecule has 0 fully saturated rings. The van der Waals surface area contributed by atoms with Gasteiger partial charge < -0.3 is 10.6 Å². The van der Waals surface area contributed by atoms with Crippen molar-refractivity contribution < 1.29 is 4.39 Å². The number of nitrogens with zero attached hydrogens (tertiary/aromatic N) is 2. The molecule has 0 spiro atoms. The number of hydrogen-bond acceptors (Lipinski definition) is 1. The highest BCUT2D eigenvalue weighted by atomic mass is 19.1. The molecule has 1 unspecified atom stereocenters. The Morgan fingerprint density at radius 2 is 1.92 bits per heavy atom. The van der Waals surface area contributed by atoms with Gasteiger partial charge >= 0.3 is 0 Å². The molecule has 2 N–H and O–H groups in total. The molecule has 1 atom stereocenters. The fraction of sp³-hybridized carbons (Fsp3) is 0.150. The number of nitrogens with two attached hydrogens (primary N) is 1. The maximum Gasteiger partial charge on any atom is 0.201 e. The van der Waals surface area contributed by atoms with Crippen LogP contribution in [0.5, 0.6) is 0 Å². The van der Waals surface area contributed by atoms with Gasteiger partial charge in [0, 0.05) is 18.2 Å². The highest BCUT2D eigenvalue weighted by Crippen LogP contribution is 2.41. The van der Waals surface area contributed by atoms with Crippen LogP contribution in [-0.2, 0) is 0 Å². The molecule has 1 heterocycles. The van der Waals surface area contributed by atoms with E-state index in [-0.39, 0.29) is 5.82 Å². The minimum Gasteiger partial charge on any atom is -0.369 e. The van der Waals surface area contributed by atoms with Crippen molar-refractivity contribution in [3.05, 3.63) is 72.0 Å². The van der Waals surface area contributed by atoms with Crippen LogP contribution >= 0.6 is 0 Å². The number of benzene rings is 3. The maximum atomic E-state index is 13.5. The molecule has 0 aliphatic carbocycles. The zero-order valence-corrected chi connectivity index (χ0v) is 13.4. The molecule has 3 aromatic carbocycles. The molecule has 0 radical (unpaired) electrons. The predicted molar refractivity (Wildman–Crippen MR) is 97.4 cm³/mol.